The van der Waals surface area contributed by atoms with E-state index in [1.165, 1.54) is 0 Å². The van der Waals surface area contributed by atoms with Gasteiger partial charge in [0.05, 0.1) is 11.8 Å². The number of benzene rings is 2. The number of carbonyl (C=O) groups is 2. The molecule has 4 rings (SSSR count). The molecule has 3 atom stereocenters. The Bertz CT molecular complexity index is 1260. The van der Waals surface area contributed by atoms with Crippen LogP contribution in [0.1, 0.15) is 28.9 Å². The van der Waals surface area contributed by atoms with Crippen molar-refractivity contribution >= 4 is 44.0 Å². The Morgan fingerprint density at radius 2 is 1.91 bits per heavy atom. The van der Waals surface area contributed by atoms with Crippen LogP contribution in [0, 0.1) is 0 Å². The van der Waals surface area contributed by atoms with E-state index in [1.807, 2.05) is 30.3 Å². The summed E-state index contributed by atoms with van der Waals surface area (Å²) in [5, 5.41) is 13.6. The van der Waals surface area contributed by atoms with Gasteiger partial charge < -0.3 is 15.4 Å². The molecule has 32 heavy (non-hydrogen) atoms. The number of rotatable bonds is 7. The SMILES string of the molecule is O=C(NC(Cc1ccccc1)C(O)C(=O)C1CCCS1(=O)=O)c1cc2cc(Cl)ccc2[nH]1. The van der Waals surface area contributed by atoms with Crippen molar-refractivity contribution in [3.05, 3.63) is 70.9 Å². The van der Waals surface area contributed by atoms with E-state index in [9.17, 15) is 23.1 Å². The maximum Gasteiger partial charge on any atom is 0.268 e. The second-order valence-electron chi connectivity index (χ2n) is 8.03. The number of aromatic amines is 1. The van der Waals surface area contributed by atoms with Gasteiger partial charge >= 0.3 is 0 Å². The summed E-state index contributed by atoms with van der Waals surface area (Å²) >= 11 is 6.01. The number of fused-ring (bicyclic) bond motifs is 1. The van der Waals surface area contributed by atoms with E-state index in [4.69, 9.17) is 11.6 Å². The zero-order chi connectivity index (χ0) is 22.9. The van der Waals surface area contributed by atoms with E-state index in [-0.39, 0.29) is 24.3 Å². The molecule has 168 valence electrons. The molecule has 1 saturated heterocycles. The standard InChI is InChI=1S/C23H23ClN2O5S/c24-16-8-9-17-15(12-16)13-19(25-17)23(29)26-18(11-14-5-2-1-3-6-14)21(27)22(28)20-7-4-10-32(20,30)31/h1-3,5-6,8-9,12-13,18,20-21,25,27H,4,7,10-11H2,(H,26,29). The van der Waals surface area contributed by atoms with Crippen LogP contribution >= 0.6 is 11.6 Å². The van der Waals surface area contributed by atoms with Gasteiger partial charge in [-0.05, 0) is 49.1 Å². The van der Waals surface area contributed by atoms with E-state index >= 15 is 0 Å². The molecule has 0 saturated carbocycles. The van der Waals surface area contributed by atoms with E-state index in [0.29, 0.717) is 17.0 Å². The fraction of sp³-hybridized carbons (Fsp3) is 0.304. The summed E-state index contributed by atoms with van der Waals surface area (Å²) in [5.74, 6) is -1.35. The van der Waals surface area contributed by atoms with Crippen LogP contribution in [-0.2, 0) is 21.1 Å². The summed E-state index contributed by atoms with van der Waals surface area (Å²) in [5.41, 5.74) is 1.75. The fourth-order valence-electron chi connectivity index (χ4n) is 4.08. The van der Waals surface area contributed by atoms with Crippen molar-refractivity contribution in [2.45, 2.75) is 36.7 Å². The minimum atomic E-state index is -3.58. The van der Waals surface area contributed by atoms with Crippen molar-refractivity contribution in [2.75, 3.05) is 5.75 Å². The number of ketones is 1. The van der Waals surface area contributed by atoms with Gasteiger partial charge in [-0.15, -0.1) is 0 Å². The molecule has 3 N–H and O–H groups in total. The molecule has 0 bridgehead atoms. The summed E-state index contributed by atoms with van der Waals surface area (Å²) in [6.07, 6.45) is -0.916. The number of amides is 1. The molecule has 7 nitrogen and oxygen atoms in total. The quantitative estimate of drug-likeness (QED) is 0.486. The number of H-pyrrole nitrogens is 1. The molecule has 1 fully saturated rings. The number of carbonyl (C=O) groups excluding carboxylic acids is 2. The molecule has 0 spiro atoms. The van der Waals surface area contributed by atoms with Gasteiger partial charge in [-0.1, -0.05) is 41.9 Å². The van der Waals surface area contributed by atoms with Gasteiger partial charge in [-0.3, -0.25) is 9.59 Å². The lowest BCUT2D eigenvalue weighted by atomic mass is 9.96. The van der Waals surface area contributed by atoms with Crippen molar-refractivity contribution in [1.29, 1.82) is 0 Å². The first-order chi connectivity index (χ1) is 15.2. The third-order valence-electron chi connectivity index (χ3n) is 5.76. The average Bonchev–Trinajstić information content (AvgIpc) is 3.35. The first kappa shape index (κ1) is 22.5. The third kappa shape index (κ3) is 4.72. The summed E-state index contributed by atoms with van der Waals surface area (Å²) < 4.78 is 24.4. The average molecular weight is 475 g/mol. The summed E-state index contributed by atoms with van der Waals surface area (Å²) in [6.45, 7) is 0. The van der Waals surface area contributed by atoms with Gasteiger partial charge in [-0.2, -0.15) is 0 Å². The lowest BCUT2D eigenvalue weighted by molar-refractivity contribution is -0.128. The van der Waals surface area contributed by atoms with Crippen molar-refractivity contribution in [3.8, 4) is 0 Å². The topological polar surface area (TPSA) is 116 Å². The molecule has 1 aromatic heterocycles. The highest BCUT2D eigenvalue weighted by atomic mass is 35.5. The number of halogens is 1. The molecule has 0 aliphatic carbocycles. The first-order valence-electron chi connectivity index (χ1n) is 10.3. The molecule has 3 unspecified atom stereocenters. The maximum absolute atomic E-state index is 13.0. The second kappa shape index (κ2) is 9.05. The van der Waals surface area contributed by atoms with E-state index in [1.54, 1.807) is 24.3 Å². The molecule has 3 aromatic rings. The molecule has 2 aromatic carbocycles. The largest absolute Gasteiger partial charge is 0.383 e. The van der Waals surface area contributed by atoms with E-state index in [0.717, 1.165) is 10.9 Å². The van der Waals surface area contributed by atoms with Crippen LogP contribution in [0.25, 0.3) is 10.9 Å². The van der Waals surface area contributed by atoms with Gasteiger partial charge in [0.15, 0.2) is 15.6 Å². The van der Waals surface area contributed by atoms with Gasteiger partial charge in [0.1, 0.15) is 17.0 Å². The number of nitrogens with one attached hydrogen (secondary N) is 2. The Morgan fingerprint density at radius 3 is 2.59 bits per heavy atom. The zero-order valence-electron chi connectivity index (χ0n) is 17.1. The van der Waals surface area contributed by atoms with Crippen LogP contribution in [0.5, 0.6) is 0 Å². The number of Topliss-reactive ketones (excluding diaryl/α,β-unsaturated/α-hetero) is 1. The molecular weight excluding hydrogens is 452 g/mol. The Morgan fingerprint density at radius 1 is 1.16 bits per heavy atom. The van der Waals surface area contributed by atoms with Crippen LogP contribution in [0.3, 0.4) is 0 Å². The van der Waals surface area contributed by atoms with Crippen molar-refractivity contribution in [3.63, 3.8) is 0 Å². The van der Waals surface area contributed by atoms with Crippen LogP contribution < -0.4 is 5.32 Å². The number of sulfone groups is 1. The normalized spacial score (nSPS) is 19.5. The highest BCUT2D eigenvalue weighted by molar-refractivity contribution is 7.93. The molecule has 2 heterocycles. The Kier molecular flexibility index (Phi) is 6.37. The number of aromatic nitrogens is 1. The molecule has 0 radical (unpaired) electrons. The van der Waals surface area contributed by atoms with Crippen LogP contribution in [0.15, 0.2) is 54.6 Å². The number of hydrogen-bond acceptors (Lipinski definition) is 5. The summed E-state index contributed by atoms with van der Waals surface area (Å²) in [4.78, 5) is 28.8. The Hall–Kier alpha value is -2.68. The smallest absolute Gasteiger partial charge is 0.268 e. The number of aliphatic hydroxyl groups is 1. The lowest BCUT2D eigenvalue weighted by Crippen LogP contribution is -2.51. The lowest BCUT2D eigenvalue weighted by Gasteiger charge is -2.25. The van der Waals surface area contributed by atoms with E-state index < -0.39 is 38.9 Å². The monoisotopic (exact) mass is 474 g/mol. The van der Waals surface area contributed by atoms with Crippen LogP contribution in [-0.4, -0.2) is 53.3 Å². The number of aliphatic hydroxyl groups excluding tert-OH is 1. The van der Waals surface area contributed by atoms with Crippen LogP contribution in [0.4, 0.5) is 0 Å². The molecular formula is C23H23ClN2O5S. The van der Waals surface area contributed by atoms with Gasteiger partial charge in [0.2, 0.25) is 0 Å². The highest BCUT2D eigenvalue weighted by Crippen LogP contribution is 2.24. The minimum absolute atomic E-state index is 0.0660. The summed E-state index contributed by atoms with van der Waals surface area (Å²) in [6, 6.07) is 14.9. The Labute approximate surface area is 190 Å². The van der Waals surface area contributed by atoms with E-state index in [2.05, 4.69) is 10.3 Å². The predicted molar refractivity (Wildman–Crippen MR) is 123 cm³/mol. The molecule has 1 amide bonds. The molecule has 1 aliphatic heterocycles. The highest BCUT2D eigenvalue weighted by Gasteiger charge is 2.42. The van der Waals surface area contributed by atoms with Gasteiger partial charge in [-0.25, -0.2) is 8.42 Å². The van der Waals surface area contributed by atoms with Crippen LogP contribution in [0.2, 0.25) is 5.02 Å². The minimum Gasteiger partial charge on any atom is -0.383 e. The second-order valence-corrected chi connectivity index (χ2v) is 10.8. The van der Waals surface area contributed by atoms with Gasteiger partial charge in [0, 0.05) is 15.9 Å². The first-order valence-corrected chi connectivity index (χ1v) is 12.4. The predicted octanol–water partition coefficient (Wildman–Crippen LogP) is 2.67. The molecule has 9 heteroatoms. The zero-order valence-corrected chi connectivity index (χ0v) is 18.7. The van der Waals surface area contributed by atoms with Crippen molar-refractivity contribution < 1.29 is 23.1 Å². The summed E-state index contributed by atoms with van der Waals surface area (Å²) in [7, 11) is -3.58. The maximum atomic E-state index is 13.0. The Balaban J connectivity index is 1.59. The molecule has 1 aliphatic rings. The third-order valence-corrected chi connectivity index (χ3v) is 8.19. The van der Waals surface area contributed by atoms with Crippen molar-refractivity contribution in [2.24, 2.45) is 0 Å². The van der Waals surface area contributed by atoms with Gasteiger partial charge in [0.25, 0.3) is 5.91 Å². The fourth-order valence-corrected chi connectivity index (χ4v) is 6.13. The van der Waals surface area contributed by atoms with Crippen molar-refractivity contribution in [1.82, 2.24) is 10.3 Å². The number of hydrogen-bond donors (Lipinski definition) is 3.